The number of sulfonamides is 1. The van der Waals surface area contributed by atoms with E-state index in [9.17, 15) is 13.2 Å². The summed E-state index contributed by atoms with van der Waals surface area (Å²) in [6.07, 6.45) is 1.08. The molecule has 3 rings (SSSR count). The summed E-state index contributed by atoms with van der Waals surface area (Å²) in [5.41, 5.74) is 0.703. The smallest absolute Gasteiger partial charge is 0.254 e. The standard InChI is InChI=1S/C20H26N2O5S/c1-16-14-19(15-20(23)21(16)2)27-18-8-10-22(11-9-18)28(24,25)13-12-26-17-6-4-3-5-7-17/h3-7,14-15,18H,8-13H2,1-2H3. The van der Waals surface area contributed by atoms with Crippen molar-refractivity contribution in [3.8, 4) is 11.5 Å². The molecule has 1 aliphatic rings. The predicted molar refractivity (Wildman–Crippen MR) is 107 cm³/mol. The van der Waals surface area contributed by atoms with Crippen LogP contribution >= 0.6 is 0 Å². The SMILES string of the molecule is Cc1cc(OC2CCN(S(=O)(=O)CCOc3ccccc3)CC2)cc(=O)n1C. The molecule has 0 saturated carbocycles. The molecule has 0 atom stereocenters. The van der Waals surface area contributed by atoms with Crippen molar-refractivity contribution in [2.45, 2.75) is 25.9 Å². The quantitative estimate of drug-likeness (QED) is 0.702. The van der Waals surface area contributed by atoms with Gasteiger partial charge in [0.15, 0.2) is 0 Å². The van der Waals surface area contributed by atoms with E-state index < -0.39 is 10.0 Å². The molecule has 1 fully saturated rings. The molecule has 7 nitrogen and oxygen atoms in total. The van der Waals surface area contributed by atoms with Gasteiger partial charge in [-0.2, -0.15) is 0 Å². The van der Waals surface area contributed by atoms with Crippen LogP contribution in [0, 0.1) is 6.92 Å². The Morgan fingerprint density at radius 2 is 1.75 bits per heavy atom. The summed E-state index contributed by atoms with van der Waals surface area (Å²) in [7, 11) is -1.65. The van der Waals surface area contributed by atoms with Crippen LogP contribution < -0.4 is 15.0 Å². The first-order valence-corrected chi connectivity index (χ1v) is 11.0. The molecule has 0 unspecified atom stereocenters. The maximum atomic E-state index is 12.5. The average Bonchev–Trinajstić information content (AvgIpc) is 2.67. The van der Waals surface area contributed by atoms with Crippen LogP contribution in [-0.2, 0) is 17.1 Å². The zero-order valence-electron chi connectivity index (χ0n) is 16.2. The van der Waals surface area contributed by atoms with E-state index in [1.54, 1.807) is 23.7 Å². The van der Waals surface area contributed by atoms with E-state index >= 15 is 0 Å². The van der Waals surface area contributed by atoms with Crippen LogP contribution in [0.4, 0.5) is 0 Å². The lowest BCUT2D eigenvalue weighted by Gasteiger charge is -2.31. The molecule has 8 heteroatoms. The molecular weight excluding hydrogens is 380 g/mol. The Hall–Kier alpha value is -2.32. The van der Waals surface area contributed by atoms with Crippen molar-refractivity contribution >= 4 is 10.0 Å². The second kappa shape index (κ2) is 8.79. The first-order chi connectivity index (χ1) is 13.3. The molecule has 0 aliphatic carbocycles. The molecule has 1 aliphatic heterocycles. The van der Waals surface area contributed by atoms with E-state index in [1.165, 1.54) is 10.4 Å². The third-order valence-electron chi connectivity index (χ3n) is 4.93. The molecule has 1 aromatic carbocycles. The van der Waals surface area contributed by atoms with Gasteiger partial charge in [-0.25, -0.2) is 12.7 Å². The van der Waals surface area contributed by atoms with E-state index in [0.717, 1.165) is 5.69 Å². The number of para-hydroxylation sites is 1. The van der Waals surface area contributed by atoms with Crippen molar-refractivity contribution in [3.63, 3.8) is 0 Å². The molecule has 1 aromatic heterocycles. The van der Waals surface area contributed by atoms with E-state index in [1.807, 2.05) is 31.2 Å². The van der Waals surface area contributed by atoms with Crippen molar-refractivity contribution < 1.29 is 17.9 Å². The van der Waals surface area contributed by atoms with Gasteiger partial charge in [-0.3, -0.25) is 4.79 Å². The Morgan fingerprint density at radius 1 is 1.07 bits per heavy atom. The highest BCUT2D eigenvalue weighted by Crippen LogP contribution is 2.20. The van der Waals surface area contributed by atoms with Crippen LogP contribution in [0.3, 0.4) is 0 Å². The molecule has 1 saturated heterocycles. The van der Waals surface area contributed by atoms with Crippen LogP contribution in [0.1, 0.15) is 18.5 Å². The Kier molecular flexibility index (Phi) is 6.41. The number of aryl methyl sites for hydroxylation is 1. The van der Waals surface area contributed by atoms with Crippen LogP contribution in [-0.4, -0.2) is 48.8 Å². The summed E-state index contributed by atoms with van der Waals surface area (Å²) < 4.78 is 39.5. The van der Waals surface area contributed by atoms with Crippen molar-refractivity contribution in [3.05, 3.63) is 58.5 Å². The number of hydrogen-bond acceptors (Lipinski definition) is 5. The lowest BCUT2D eigenvalue weighted by Crippen LogP contribution is -2.43. The number of piperidine rings is 1. The Balaban J connectivity index is 1.49. The summed E-state index contributed by atoms with van der Waals surface area (Å²) >= 11 is 0. The molecule has 0 bridgehead atoms. The van der Waals surface area contributed by atoms with Gasteiger partial charge in [-0.05, 0) is 38.0 Å². The monoisotopic (exact) mass is 406 g/mol. The Morgan fingerprint density at radius 3 is 2.39 bits per heavy atom. The van der Waals surface area contributed by atoms with Gasteiger partial charge >= 0.3 is 0 Å². The first kappa shape index (κ1) is 20.4. The maximum Gasteiger partial charge on any atom is 0.254 e. The number of hydrogen-bond donors (Lipinski definition) is 0. The number of benzene rings is 1. The van der Waals surface area contributed by atoms with Gasteiger partial charge in [0.25, 0.3) is 5.56 Å². The molecule has 0 N–H and O–H groups in total. The fourth-order valence-electron chi connectivity index (χ4n) is 3.14. The van der Waals surface area contributed by atoms with Crippen LogP contribution in [0.5, 0.6) is 11.5 Å². The molecule has 0 amide bonds. The Labute approximate surface area is 165 Å². The van der Waals surface area contributed by atoms with Gasteiger partial charge in [0, 0.05) is 31.9 Å². The van der Waals surface area contributed by atoms with Crippen LogP contribution in [0.2, 0.25) is 0 Å². The second-order valence-corrected chi connectivity index (χ2v) is 9.01. The summed E-state index contributed by atoms with van der Waals surface area (Å²) in [4.78, 5) is 11.9. The van der Waals surface area contributed by atoms with Crippen LogP contribution in [0.25, 0.3) is 0 Å². The fraction of sp³-hybridized carbons (Fsp3) is 0.450. The minimum absolute atomic E-state index is 0.0542. The van der Waals surface area contributed by atoms with Gasteiger partial charge in [0.1, 0.15) is 24.2 Å². The van der Waals surface area contributed by atoms with Gasteiger partial charge in [-0.1, -0.05) is 18.2 Å². The third-order valence-corrected chi connectivity index (χ3v) is 6.76. The van der Waals surface area contributed by atoms with Crippen molar-refractivity contribution in [2.75, 3.05) is 25.4 Å². The second-order valence-electron chi connectivity index (χ2n) is 6.92. The normalized spacial score (nSPS) is 16.1. The number of ether oxygens (including phenoxy) is 2. The zero-order chi connectivity index (χ0) is 20.1. The summed E-state index contributed by atoms with van der Waals surface area (Å²) in [6, 6.07) is 12.5. The predicted octanol–water partition coefficient (Wildman–Crippen LogP) is 1.95. The number of rotatable bonds is 7. The largest absolute Gasteiger partial charge is 0.492 e. The maximum absolute atomic E-state index is 12.5. The third kappa shape index (κ3) is 5.14. The van der Waals surface area contributed by atoms with E-state index in [-0.39, 0.29) is 24.0 Å². The highest BCUT2D eigenvalue weighted by molar-refractivity contribution is 7.89. The van der Waals surface area contributed by atoms with Gasteiger partial charge in [0.05, 0.1) is 5.75 Å². The minimum atomic E-state index is -3.37. The van der Waals surface area contributed by atoms with Crippen LogP contribution in [0.15, 0.2) is 47.3 Å². The molecule has 2 aromatic rings. The summed E-state index contributed by atoms with van der Waals surface area (Å²) in [6.45, 7) is 2.78. The Bertz CT molecular complexity index is 948. The van der Waals surface area contributed by atoms with Crippen molar-refractivity contribution in [1.29, 1.82) is 0 Å². The van der Waals surface area contributed by atoms with Gasteiger partial charge in [-0.15, -0.1) is 0 Å². The summed E-state index contributed by atoms with van der Waals surface area (Å²) in [5.74, 6) is 1.15. The lowest BCUT2D eigenvalue weighted by atomic mass is 10.1. The number of pyridine rings is 1. The fourth-order valence-corrected chi connectivity index (χ4v) is 4.46. The molecule has 152 valence electrons. The summed E-state index contributed by atoms with van der Waals surface area (Å²) in [5, 5.41) is 0. The highest BCUT2D eigenvalue weighted by Gasteiger charge is 2.29. The van der Waals surface area contributed by atoms with E-state index in [2.05, 4.69) is 0 Å². The van der Waals surface area contributed by atoms with Crippen molar-refractivity contribution in [2.24, 2.45) is 7.05 Å². The van der Waals surface area contributed by atoms with Gasteiger partial charge < -0.3 is 14.0 Å². The first-order valence-electron chi connectivity index (χ1n) is 9.35. The minimum Gasteiger partial charge on any atom is -0.492 e. The van der Waals surface area contributed by atoms with E-state index in [0.29, 0.717) is 37.4 Å². The number of aromatic nitrogens is 1. The topological polar surface area (TPSA) is 77.8 Å². The lowest BCUT2D eigenvalue weighted by molar-refractivity contribution is 0.134. The number of nitrogens with zero attached hydrogens (tertiary/aromatic N) is 2. The molecule has 0 spiro atoms. The molecule has 2 heterocycles. The average molecular weight is 407 g/mol. The van der Waals surface area contributed by atoms with Gasteiger partial charge in [0.2, 0.25) is 10.0 Å². The molecule has 28 heavy (non-hydrogen) atoms. The highest BCUT2D eigenvalue weighted by atomic mass is 32.2. The van der Waals surface area contributed by atoms with E-state index in [4.69, 9.17) is 9.47 Å². The molecule has 0 radical (unpaired) electrons. The zero-order valence-corrected chi connectivity index (χ0v) is 17.0. The molecular formula is C20H26N2O5S. The van der Waals surface area contributed by atoms with Crippen molar-refractivity contribution in [1.82, 2.24) is 8.87 Å².